The lowest BCUT2D eigenvalue weighted by Gasteiger charge is -2.49. The third-order valence-corrected chi connectivity index (χ3v) is 9.06. The molecular weight excluding hydrogens is 432 g/mol. The first kappa shape index (κ1) is 25.8. The average Bonchev–Trinajstić information content (AvgIpc) is 3.16. The molecule has 3 heteroatoms. The number of ether oxygens (including phenoxy) is 1. The molecule has 1 N–H and O–H groups in total. The third kappa shape index (κ3) is 6.11. The van der Waals surface area contributed by atoms with E-state index in [4.69, 9.17) is 4.74 Å². The largest absolute Gasteiger partial charge is 0.508 e. The molecule has 0 spiro atoms. The Labute approximate surface area is 212 Å². The molecule has 0 aromatic heterocycles. The predicted octanol–water partition coefficient (Wildman–Crippen LogP) is 8.07. The van der Waals surface area contributed by atoms with E-state index in [1.807, 2.05) is 0 Å². The second-order valence-corrected chi connectivity index (χ2v) is 12.1. The molecule has 2 fully saturated rings. The van der Waals surface area contributed by atoms with E-state index in [9.17, 15) is 9.90 Å². The van der Waals surface area contributed by atoms with Gasteiger partial charge in [0.1, 0.15) is 11.9 Å². The molecule has 0 radical (unpaired) electrons. The molecule has 3 nitrogen and oxygen atoms in total. The van der Waals surface area contributed by atoms with Gasteiger partial charge in [0.15, 0.2) is 0 Å². The van der Waals surface area contributed by atoms with Crippen LogP contribution in [-0.4, -0.2) is 17.2 Å². The Morgan fingerprint density at radius 2 is 1.83 bits per heavy atom. The van der Waals surface area contributed by atoms with Gasteiger partial charge in [-0.1, -0.05) is 83.4 Å². The zero-order valence-corrected chi connectivity index (χ0v) is 22.1. The topological polar surface area (TPSA) is 46.5 Å². The number of phenolic OH excluding ortho intramolecular Hbond substituents is 1. The lowest BCUT2D eigenvalue weighted by Crippen LogP contribution is -2.46. The van der Waals surface area contributed by atoms with E-state index in [1.54, 1.807) is 18.2 Å². The smallest absolute Gasteiger partial charge is 0.338 e. The maximum Gasteiger partial charge on any atom is 0.338 e. The summed E-state index contributed by atoms with van der Waals surface area (Å²) in [6.07, 6.45) is 9.40. The summed E-state index contributed by atoms with van der Waals surface area (Å²) in [5, 5.41) is 9.86. The van der Waals surface area contributed by atoms with Crippen molar-refractivity contribution in [2.24, 2.45) is 35.0 Å². The van der Waals surface area contributed by atoms with E-state index in [1.165, 1.54) is 43.7 Å². The Hall–Kier alpha value is -2.29. The van der Waals surface area contributed by atoms with Crippen molar-refractivity contribution in [2.45, 2.75) is 85.2 Å². The number of carbonyl (C=O) groups excluding carboxylic acids is 1. The van der Waals surface area contributed by atoms with Crippen molar-refractivity contribution in [3.63, 3.8) is 0 Å². The van der Waals surface area contributed by atoms with Crippen molar-refractivity contribution in [1.29, 1.82) is 0 Å². The molecule has 0 heterocycles. The number of esters is 1. The highest BCUT2D eigenvalue weighted by atomic mass is 16.5. The number of rotatable bonds is 9. The third-order valence-electron chi connectivity index (χ3n) is 9.06. The van der Waals surface area contributed by atoms with E-state index in [0.29, 0.717) is 29.2 Å². The van der Waals surface area contributed by atoms with Gasteiger partial charge in [0, 0.05) is 5.92 Å². The summed E-state index contributed by atoms with van der Waals surface area (Å²) in [6.45, 7) is 9.60. The van der Waals surface area contributed by atoms with Gasteiger partial charge in [-0.25, -0.2) is 4.79 Å². The molecule has 2 aromatic carbocycles. The summed E-state index contributed by atoms with van der Waals surface area (Å²) in [6, 6.07) is 17.3. The van der Waals surface area contributed by atoms with Crippen LogP contribution in [0.15, 0.2) is 54.6 Å². The highest BCUT2D eigenvalue weighted by molar-refractivity contribution is 5.90. The van der Waals surface area contributed by atoms with Crippen molar-refractivity contribution in [1.82, 2.24) is 0 Å². The van der Waals surface area contributed by atoms with Crippen LogP contribution in [-0.2, 0) is 11.2 Å². The van der Waals surface area contributed by atoms with Crippen molar-refractivity contribution in [3.8, 4) is 5.75 Å². The Morgan fingerprint density at radius 1 is 1.06 bits per heavy atom. The van der Waals surface area contributed by atoms with Gasteiger partial charge in [-0.2, -0.15) is 0 Å². The first-order valence-electron chi connectivity index (χ1n) is 13.8. The van der Waals surface area contributed by atoms with Crippen molar-refractivity contribution < 1.29 is 14.6 Å². The first-order chi connectivity index (χ1) is 16.8. The van der Waals surface area contributed by atoms with Crippen LogP contribution >= 0.6 is 0 Å². The average molecular weight is 477 g/mol. The maximum atomic E-state index is 13.1. The molecule has 4 rings (SSSR count). The molecule has 0 bridgehead atoms. The van der Waals surface area contributed by atoms with Crippen LogP contribution < -0.4 is 0 Å². The Morgan fingerprint density at radius 3 is 2.54 bits per heavy atom. The highest BCUT2D eigenvalue weighted by Crippen LogP contribution is 2.60. The fourth-order valence-electron chi connectivity index (χ4n) is 7.46. The fourth-order valence-corrected chi connectivity index (χ4v) is 7.46. The monoisotopic (exact) mass is 476 g/mol. The first-order valence-corrected chi connectivity index (χ1v) is 13.8. The summed E-state index contributed by atoms with van der Waals surface area (Å²) in [7, 11) is 0. The number of benzene rings is 2. The maximum absolute atomic E-state index is 13.1. The summed E-state index contributed by atoms with van der Waals surface area (Å²) >= 11 is 0. The summed E-state index contributed by atoms with van der Waals surface area (Å²) in [5.41, 5.74) is 2.00. The van der Waals surface area contributed by atoms with Gasteiger partial charge in [-0.15, -0.1) is 0 Å². The predicted molar refractivity (Wildman–Crippen MR) is 142 cm³/mol. The van der Waals surface area contributed by atoms with Crippen LogP contribution in [0.25, 0.3) is 0 Å². The van der Waals surface area contributed by atoms with Gasteiger partial charge in [0.25, 0.3) is 0 Å². The van der Waals surface area contributed by atoms with Gasteiger partial charge in [0.2, 0.25) is 0 Å². The minimum Gasteiger partial charge on any atom is -0.508 e. The van der Waals surface area contributed by atoms with Gasteiger partial charge < -0.3 is 9.84 Å². The van der Waals surface area contributed by atoms with Crippen LogP contribution in [0.1, 0.15) is 88.6 Å². The van der Waals surface area contributed by atoms with Gasteiger partial charge in [-0.05, 0) is 85.0 Å². The number of phenols is 1. The van der Waals surface area contributed by atoms with Crippen LogP contribution in [0.2, 0.25) is 0 Å². The molecular formula is C32H44O3. The minimum absolute atomic E-state index is 0.0647. The Balaban J connectivity index is 1.54. The van der Waals surface area contributed by atoms with Crippen LogP contribution in [0.4, 0.5) is 0 Å². The molecule has 2 aromatic rings. The van der Waals surface area contributed by atoms with E-state index >= 15 is 0 Å². The van der Waals surface area contributed by atoms with Crippen molar-refractivity contribution in [3.05, 3.63) is 65.7 Å². The standard InChI is InChI=1S/C32H44O3/c1-22(2)10-8-11-23(3)28-16-17-29-30(35-31(34)26-14-9-15-27(33)20-26)19-25(21-32(28,29)4)18-24-12-6-5-7-13-24/h5-7,9,12-15,20,22-23,25,28-30,33H,8,10-11,16-19,21H2,1-4H3/t23-,25+,28-,29+,30+,32-/m1/s1. The van der Waals surface area contributed by atoms with E-state index in [-0.39, 0.29) is 23.2 Å². The molecule has 0 saturated heterocycles. The molecule has 6 atom stereocenters. The van der Waals surface area contributed by atoms with Crippen LogP contribution in [0.3, 0.4) is 0 Å². The summed E-state index contributed by atoms with van der Waals surface area (Å²) < 4.78 is 6.27. The number of carbonyl (C=O) groups is 1. The number of hydrogen-bond acceptors (Lipinski definition) is 3. The van der Waals surface area contributed by atoms with E-state index in [0.717, 1.165) is 25.2 Å². The fraction of sp³-hybridized carbons (Fsp3) is 0.594. The van der Waals surface area contributed by atoms with Gasteiger partial charge >= 0.3 is 5.97 Å². The lowest BCUT2D eigenvalue weighted by atomic mass is 9.58. The second kappa shape index (κ2) is 11.2. The Bertz CT molecular complexity index is 968. The quantitative estimate of drug-likeness (QED) is 0.372. The lowest BCUT2D eigenvalue weighted by molar-refractivity contribution is -0.0659. The number of fused-ring (bicyclic) bond motifs is 1. The zero-order chi connectivity index (χ0) is 25.0. The Kier molecular flexibility index (Phi) is 8.24. The van der Waals surface area contributed by atoms with Gasteiger partial charge in [0.05, 0.1) is 5.56 Å². The van der Waals surface area contributed by atoms with Crippen LogP contribution in [0, 0.1) is 35.0 Å². The second-order valence-electron chi connectivity index (χ2n) is 12.1. The van der Waals surface area contributed by atoms with Crippen LogP contribution in [0.5, 0.6) is 5.75 Å². The molecule has 2 aliphatic carbocycles. The van der Waals surface area contributed by atoms with E-state index in [2.05, 4.69) is 58.0 Å². The molecule has 0 unspecified atom stereocenters. The molecule has 190 valence electrons. The minimum atomic E-state index is -0.304. The molecule has 0 aliphatic heterocycles. The van der Waals surface area contributed by atoms with Crippen molar-refractivity contribution in [2.75, 3.05) is 0 Å². The molecule has 0 amide bonds. The summed E-state index contributed by atoms with van der Waals surface area (Å²) in [4.78, 5) is 13.1. The normalized spacial score (nSPS) is 29.1. The number of hydrogen-bond donors (Lipinski definition) is 1. The van der Waals surface area contributed by atoms with E-state index < -0.39 is 0 Å². The number of aromatic hydroxyl groups is 1. The van der Waals surface area contributed by atoms with Crippen molar-refractivity contribution >= 4 is 5.97 Å². The molecule has 2 saturated carbocycles. The SMILES string of the molecule is CC(C)CCC[C@@H](C)[C@H]1CC[C@H]2[C@@H](OC(=O)c3cccc(O)c3)C[C@H](Cc3ccccc3)C[C@]12C. The molecule has 2 aliphatic rings. The zero-order valence-electron chi connectivity index (χ0n) is 22.1. The molecule has 35 heavy (non-hydrogen) atoms. The highest BCUT2D eigenvalue weighted by Gasteiger charge is 2.55. The van der Waals surface area contributed by atoms with Gasteiger partial charge in [-0.3, -0.25) is 0 Å². The summed E-state index contributed by atoms with van der Waals surface area (Å²) in [5.74, 6) is 2.85.